The summed E-state index contributed by atoms with van der Waals surface area (Å²) in [5.74, 6) is 0.774. The molecule has 1 atom stereocenters. The molecule has 2 aromatic rings. The van der Waals surface area contributed by atoms with Crippen LogP contribution in [-0.2, 0) is 0 Å². The zero-order valence-electron chi connectivity index (χ0n) is 9.45. The van der Waals surface area contributed by atoms with Crippen LogP contribution in [0.1, 0.15) is 17.4 Å². The number of hydrogen-bond donors (Lipinski definition) is 3. The van der Waals surface area contributed by atoms with E-state index in [9.17, 15) is 5.11 Å². The van der Waals surface area contributed by atoms with E-state index in [4.69, 9.17) is 10.5 Å². The van der Waals surface area contributed by atoms with E-state index in [0.29, 0.717) is 0 Å². The number of aromatic amines is 1. The van der Waals surface area contributed by atoms with E-state index in [1.54, 1.807) is 7.11 Å². The lowest BCUT2D eigenvalue weighted by atomic mass is 10.1. The molecule has 1 aromatic heterocycles. The van der Waals surface area contributed by atoms with Crippen molar-refractivity contribution in [1.82, 2.24) is 4.98 Å². The number of ether oxygens (including phenoxy) is 1. The maximum absolute atomic E-state index is 9.87. The summed E-state index contributed by atoms with van der Waals surface area (Å²) in [5, 5.41) is 10.8. The molecule has 86 valence electrons. The number of aromatic nitrogens is 1. The first-order valence-corrected chi connectivity index (χ1v) is 5.22. The van der Waals surface area contributed by atoms with Gasteiger partial charge in [-0.2, -0.15) is 0 Å². The molecule has 0 aliphatic carbocycles. The molecule has 0 amide bonds. The van der Waals surface area contributed by atoms with Gasteiger partial charge in [-0.1, -0.05) is 12.1 Å². The van der Waals surface area contributed by atoms with Gasteiger partial charge in [0.25, 0.3) is 0 Å². The number of aliphatic hydroxyl groups is 1. The number of para-hydroxylation sites is 1. The van der Waals surface area contributed by atoms with Gasteiger partial charge in [-0.3, -0.25) is 0 Å². The molecule has 0 radical (unpaired) electrons. The molecular weight excluding hydrogens is 204 g/mol. The van der Waals surface area contributed by atoms with Crippen molar-refractivity contribution in [3.63, 3.8) is 0 Å². The van der Waals surface area contributed by atoms with Gasteiger partial charge >= 0.3 is 0 Å². The topological polar surface area (TPSA) is 71.3 Å². The van der Waals surface area contributed by atoms with Crippen molar-refractivity contribution in [1.29, 1.82) is 0 Å². The normalized spacial score (nSPS) is 13.0. The second-order valence-electron chi connectivity index (χ2n) is 3.80. The van der Waals surface area contributed by atoms with Crippen LogP contribution in [0.15, 0.2) is 18.2 Å². The zero-order valence-corrected chi connectivity index (χ0v) is 9.45. The maximum Gasteiger partial charge on any atom is 0.142 e. The van der Waals surface area contributed by atoms with Gasteiger partial charge in [0.2, 0.25) is 0 Å². The number of benzene rings is 1. The van der Waals surface area contributed by atoms with E-state index >= 15 is 0 Å². The summed E-state index contributed by atoms with van der Waals surface area (Å²) in [4.78, 5) is 3.22. The number of aliphatic hydroxyl groups excluding tert-OH is 1. The lowest BCUT2D eigenvalue weighted by molar-refractivity contribution is 0.187. The summed E-state index contributed by atoms with van der Waals surface area (Å²) < 4.78 is 5.27. The summed E-state index contributed by atoms with van der Waals surface area (Å²) in [6.07, 6.45) is -0.638. The van der Waals surface area contributed by atoms with Crippen LogP contribution in [0.5, 0.6) is 5.75 Å². The first kappa shape index (κ1) is 11.0. The van der Waals surface area contributed by atoms with Crippen LogP contribution in [0.4, 0.5) is 0 Å². The quantitative estimate of drug-likeness (QED) is 0.733. The summed E-state index contributed by atoms with van der Waals surface area (Å²) in [6.45, 7) is 2.14. The summed E-state index contributed by atoms with van der Waals surface area (Å²) >= 11 is 0. The fourth-order valence-electron chi connectivity index (χ4n) is 2.06. The smallest absolute Gasteiger partial charge is 0.142 e. The molecule has 4 nitrogen and oxygen atoms in total. The Kier molecular flexibility index (Phi) is 2.85. The molecule has 0 aliphatic heterocycles. The molecule has 1 aromatic carbocycles. The Morgan fingerprint density at radius 1 is 1.50 bits per heavy atom. The Bertz CT molecular complexity index is 505. The number of hydrogen-bond acceptors (Lipinski definition) is 3. The van der Waals surface area contributed by atoms with Crippen molar-refractivity contribution in [3.05, 3.63) is 29.5 Å². The number of methoxy groups -OCH3 is 1. The Hall–Kier alpha value is -1.52. The fourth-order valence-corrected chi connectivity index (χ4v) is 2.06. The van der Waals surface area contributed by atoms with Gasteiger partial charge in [-0.15, -0.1) is 0 Å². The van der Waals surface area contributed by atoms with Gasteiger partial charge in [0.1, 0.15) is 5.75 Å². The molecule has 0 aliphatic rings. The fraction of sp³-hybridized carbons (Fsp3) is 0.333. The lowest BCUT2D eigenvalue weighted by Gasteiger charge is -2.08. The van der Waals surface area contributed by atoms with Crippen LogP contribution in [0.3, 0.4) is 0 Å². The second-order valence-corrected chi connectivity index (χ2v) is 3.80. The Balaban J connectivity index is 2.71. The Morgan fingerprint density at radius 2 is 2.25 bits per heavy atom. The predicted octanol–water partition coefficient (Wildman–Crippen LogP) is 1.48. The predicted molar refractivity (Wildman–Crippen MR) is 63.6 cm³/mol. The first-order chi connectivity index (χ1) is 7.69. The number of aryl methyl sites for hydroxylation is 1. The standard InChI is InChI=1S/C12H16N2O2/c1-7-11(9(15)6-13)8-4-3-5-10(16-2)12(8)14-7/h3-5,9,14-15H,6,13H2,1-2H3. The third-order valence-electron chi connectivity index (χ3n) is 2.81. The van der Waals surface area contributed by atoms with E-state index in [0.717, 1.165) is 27.9 Å². The first-order valence-electron chi connectivity index (χ1n) is 5.22. The van der Waals surface area contributed by atoms with Crippen LogP contribution < -0.4 is 10.5 Å². The van der Waals surface area contributed by atoms with Crippen molar-refractivity contribution in [3.8, 4) is 5.75 Å². The van der Waals surface area contributed by atoms with Gasteiger partial charge in [0.05, 0.1) is 18.7 Å². The highest BCUT2D eigenvalue weighted by Gasteiger charge is 2.16. The molecule has 0 fully saturated rings. The van der Waals surface area contributed by atoms with E-state index in [1.807, 2.05) is 25.1 Å². The number of rotatable bonds is 3. The van der Waals surface area contributed by atoms with Crippen molar-refractivity contribution >= 4 is 10.9 Å². The Labute approximate surface area is 94.0 Å². The van der Waals surface area contributed by atoms with Crippen LogP contribution >= 0.6 is 0 Å². The highest BCUT2D eigenvalue weighted by atomic mass is 16.5. The van der Waals surface area contributed by atoms with E-state index < -0.39 is 6.10 Å². The molecule has 0 bridgehead atoms. The van der Waals surface area contributed by atoms with Gasteiger partial charge in [-0.25, -0.2) is 0 Å². The lowest BCUT2D eigenvalue weighted by Crippen LogP contribution is -2.12. The third kappa shape index (κ3) is 1.56. The summed E-state index contributed by atoms with van der Waals surface area (Å²) in [5.41, 5.74) is 8.19. The van der Waals surface area contributed by atoms with Gasteiger partial charge in [-0.05, 0) is 13.0 Å². The number of fused-ring (bicyclic) bond motifs is 1. The van der Waals surface area contributed by atoms with Crippen LogP contribution in [0, 0.1) is 6.92 Å². The SMILES string of the molecule is COc1cccc2c(C(O)CN)c(C)[nH]c12. The van der Waals surface area contributed by atoms with Crippen LogP contribution in [0.25, 0.3) is 10.9 Å². The summed E-state index contributed by atoms with van der Waals surface area (Å²) in [6, 6.07) is 5.74. The largest absolute Gasteiger partial charge is 0.495 e. The van der Waals surface area contributed by atoms with Crippen LogP contribution in [-0.4, -0.2) is 23.7 Å². The third-order valence-corrected chi connectivity index (χ3v) is 2.81. The Morgan fingerprint density at radius 3 is 2.88 bits per heavy atom. The molecule has 2 rings (SSSR count). The minimum atomic E-state index is -0.638. The average Bonchev–Trinajstić information content (AvgIpc) is 2.63. The van der Waals surface area contributed by atoms with Crippen molar-refractivity contribution in [2.24, 2.45) is 5.73 Å². The molecular formula is C12H16N2O2. The van der Waals surface area contributed by atoms with E-state index in [2.05, 4.69) is 4.98 Å². The average molecular weight is 220 g/mol. The maximum atomic E-state index is 9.87. The minimum absolute atomic E-state index is 0.213. The van der Waals surface area contributed by atoms with Crippen LogP contribution in [0.2, 0.25) is 0 Å². The van der Waals surface area contributed by atoms with Crippen molar-refractivity contribution in [2.45, 2.75) is 13.0 Å². The second kappa shape index (κ2) is 4.15. The molecule has 4 heteroatoms. The van der Waals surface area contributed by atoms with Gasteiger partial charge in [0, 0.05) is 23.2 Å². The molecule has 0 spiro atoms. The van der Waals surface area contributed by atoms with E-state index in [-0.39, 0.29) is 6.54 Å². The number of H-pyrrole nitrogens is 1. The number of nitrogens with one attached hydrogen (secondary N) is 1. The molecule has 1 heterocycles. The number of nitrogens with two attached hydrogens (primary N) is 1. The molecule has 0 saturated carbocycles. The van der Waals surface area contributed by atoms with Gasteiger partial charge in [0.15, 0.2) is 0 Å². The molecule has 1 unspecified atom stereocenters. The molecule has 0 saturated heterocycles. The minimum Gasteiger partial charge on any atom is -0.495 e. The molecule has 16 heavy (non-hydrogen) atoms. The molecule has 4 N–H and O–H groups in total. The van der Waals surface area contributed by atoms with Crippen molar-refractivity contribution in [2.75, 3.05) is 13.7 Å². The monoisotopic (exact) mass is 220 g/mol. The zero-order chi connectivity index (χ0) is 11.7. The van der Waals surface area contributed by atoms with Crippen molar-refractivity contribution < 1.29 is 9.84 Å². The summed E-state index contributed by atoms with van der Waals surface area (Å²) in [7, 11) is 1.63. The highest BCUT2D eigenvalue weighted by Crippen LogP contribution is 2.32. The highest BCUT2D eigenvalue weighted by molar-refractivity contribution is 5.89. The van der Waals surface area contributed by atoms with E-state index in [1.165, 1.54) is 0 Å². The van der Waals surface area contributed by atoms with Gasteiger partial charge < -0.3 is 20.6 Å².